The fourth-order valence-corrected chi connectivity index (χ4v) is 3.62. The maximum Gasteiger partial charge on any atom is 0.164 e. The average Bonchev–Trinajstić information content (AvgIpc) is 3.13. The normalized spacial score (nSPS) is 29.8. The summed E-state index contributed by atoms with van der Waals surface area (Å²) in [6.07, 6.45) is -1.18. The predicted octanol–water partition coefficient (Wildman–Crippen LogP) is 4.06. The molecule has 0 aromatic heterocycles. The fraction of sp³-hybridized carbons (Fsp3) is 0.739. The number of benzene rings is 1. The first-order valence-electron chi connectivity index (χ1n) is 10.4. The molecule has 2 saturated heterocycles. The van der Waals surface area contributed by atoms with Crippen molar-refractivity contribution in [3.63, 3.8) is 0 Å². The van der Waals surface area contributed by atoms with Crippen molar-refractivity contribution in [2.75, 3.05) is 13.2 Å². The molecule has 2 heterocycles. The van der Waals surface area contributed by atoms with E-state index in [1.165, 1.54) is 0 Å². The Kier molecular flexibility index (Phi) is 6.73. The lowest BCUT2D eigenvalue weighted by molar-refractivity contribution is -0.177. The third kappa shape index (κ3) is 6.48. The third-order valence-corrected chi connectivity index (χ3v) is 4.91. The molecule has 3 rings (SSSR count). The Bertz CT molecular complexity index is 651. The summed E-state index contributed by atoms with van der Waals surface area (Å²) >= 11 is 0. The summed E-state index contributed by atoms with van der Waals surface area (Å²) in [6.45, 7) is 15.1. The zero-order valence-corrected chi connectivity index (χ0v) is 18.8. The summed E-state index contributed by atoms with van der Waals surface area (Å²) in [5, 5.41) is 0. The van der Waals surface area contributed by atoms with Gasteiger partial charge in [-0.25, -0.2) is 0 Å². The van der Waals surface area contributed by atoms with E-state index in [1.807, 2.05) is 78.8 Å². The molecule has 2 aliphatic rings. The lowest BCUT2D eigenvalue weighted by Gasteiger charge is -2.31. The van der Waals surface area contributed by atoms with E-state index in [4.69, 9.17) is 28.4 Å². The molecular weight excluding hydrogens is 372 g/mol. The molecule has 0 radical (unpaired) electrons. The standard InChI is InChI=1S/C23H36O6/c1-21(2,3)25-14-17(24-13-16-11-9-8-10-12-16)19-20(29-23(6,7)28-19)18-15-26-22(4,5)27-18/h8-12,17-20H,13-15H2,1-7H3. The quantitative estimate of drug-likeness (QED) is 0.678. The van der Waals surface area contributed by atoms with Crippen LogP contribution in [0.4, 0.5) is 0 Å². The van der Waals surface area contributed by atoms with Crippen LogP contribution in [0.1, 0.15) is 54.0 Å². The molecule has 1 aromatic rings. The number of rotatable bonds is 7. The molecule has 0 spiro atoms. The van der Waals surface area contributed by atoms with Crippen LogP contribution in [0.15, 0.2) is 30.3 Å². The van der Waals surface area contributed by atoms with Crippen LogP contribution < -0.4 is 0 Å². The molecule has 0 amide bonds. The number of hydrogen-bond acceptors (Lipinski definition) is 6. The van der Waals surface area contributed by atoms with Gasteiger partial charge in [0.25, 0.3) is 0 Å². The van der Waals surface area contributed by atoms with Crippen molar-refractivity contribution in [3.8, 4) is 0 Å². The van der Waals surface area contributed by atoms with Gasteiger partial charge in [-0.15, -0.1) is 0 Å². The van der Waals surface area contributed by atoms with Gasteiger partial charge in [-0.1, -0.05) is 30.3 Å². The second kappa shape index (κ2) is 8.61. The molecule has 0 aliphatic carbocycles. The van der Waals surface area contributed by atoms with Gasteiger partial charge < -0.3 is 28.4 Å². The minimum Gasteiger partial charge on any atom is -0.373 e. The van der Waals surface area contributed by atoms with Crippen LogP contribution in [-0.2, 0) is 35.0 Å². The molecule has 0 bridgehead atoms. The van der Waals surface area contributed by atoms with E-state index in [9.17, 15) is 0 Å². The van der Waals surface area contributed by atoms with E-state index in [-0.39, 0.29) is 30.0 Å². The molecule has 2 fully saturated rings. The lowest BCUT2D eigenvalue weighted by Crippen LogP contribution is -2.47. The Labute approximate surface area is 174 Å². The molecule has 0 N–H and O–H groups in total. The van der Waals surface area contributed by atoms with E-state index in [0.29, 0.717) is 19.8 Å². The summed E-state index contributed by atoms with van der Waals surface area (Å²) in [7, 11) is 0. The van der Waals surface area contributed by atoms with Crippen LogP contribution >= 0.6 is 0 Å². The topological polar surface area (TPSA) is 55.4 Å². The van der Waals surface area contributed by atoms with Crippen molar-refractivity contribution in [1.82, 2.24) is 0 Å². The maximum atomic E-state index is 6.32. The van der Waals surface area contributed by atoms with Crippen molar-refractivity contribution in [2.45, 2.75) is 96.7 Å². The Balaban J connectivity index is 1.76. The van der Waals surface area contributed by atoms with Crippen molar-refractivity contribution >= 4 is 0 Å². The van der Waals surface area contributed by atoms with Gasteiger partial charge >= 0.3 is 0 Å². The van der Waals surface area contributed by atoms with E-state index >= 15 is 0 Å². The molecule has 4 unspecified atom stereocenters. The van der Waals surface area contributed by atoms with Gasteiger partial charge in [-0.2, -0.15) is 0 Å². The Morgan fingerprint density at radius 2 is 1.69 bits per heavy atom. The lowest BCUT2D eigenvalue weighted by atomic mass is 10.0. The van der Waals surface area contributed by atoms with Gasteiger partial charge in [0.1, 0.15) is 24.4 Å². The van der Waals surface area contributed by atoms with Crippen LogP contribution in [0.25, 0.3) is 0 Å². The Hall–Kier alpha value is -1.02. The minimum atomic E-state index is -0.735. The van der Waals surface area contributed by atoms with E-state index in [0.717, 1.165) is 5.56 Å². The molecular formula is C23H36O6. The summed E-state index contributed by atoms with van der Waals surface area (Å²) in [6, 6.07) is 10.1. The van der Waals surface area contributed by atoms with Gasteiger partial charge in [0.15, 0.2) is 11.6 Å². The number of hydrogen-bond donors (Lipinski definition) is 0. The highest BCUT2D eigenvalue weighted by Crippen LogP contribution is 2.37. The maximum absolute atomic E-state index is 6.32. The zero-order valence-electron chi connectivity index (χ0n) is 18.8. The molecule has 6 heteroatoms. The van der Waals surface area contributed by atoms with Crippen molar-refractivity contribution in [3.05, 3.63) is 35.9 Å². The second-order valence-electron chi connectivity index (χ2n) is 9.69. The summed E-state index contributed by atoms with van der Waals surface area (Å²) in [5.41, 5.74) is 0.818. The first kappa shape index (κ1) is 22.7. The first-order valence-corrected chi connectivity index (χ1v) is 10.4. The first-order chi connectivity index (χ1) is 13.4. The van der Waals surface area contributed by atoms with Gasteiger partial charge in [-0.3, -0.25) is 0 Å². The summed E-state index contributed by atoms with van der Waals surface area (Å²) in [4.78, 5) is 0. The van der Waals surface area contributed by atoms with Gasteiger partial charge in [0, 0.05) is 0 Å². The SMILES string of the molecule is CC(C)(C)OCC(OCc1ccccc1)C1OC(C)(C)OC1C1COC(C)(C)O1. The Morgan fingerprint density at radius 1 is 1.00 bits per heavy atom. The molecule has 2 aliphatic heterocycles. The highest BCUT2D eigenvalue weighted by molar-refractivity contribution is 5.13. The van der Waals surface area contributed by atoms with E-state index in [1.54, 1.807) is 0 Å². The monoisotopic (exact) mass is 408 g/mol. The number of ether oxygens (including phenoxy) is 6. The molecule has 29 heavy (non-hydrogen) atoms. The minimum absolute atomic E-state index is 0.228. The molecule has 0 saturated carbocycles. The smallest absolute Gasteiger partial charge is 0.164 e. The largest absolute Gasteiger partial charge is 0.373 e. The van der Waals surface area contributed by atoms with Crippen LogP contribution in [0.5, 0.6) is 0 Å². The summed E-state index contributed by atoms with van der Waals surface area (Å²) in [5.74, 6) is -1.37. The van der Waals surface area contributed by atoms with E-state index < -0.39 is 11.6 Å². The second-order valence-corrected chi connectivity index (χ2v) is 9.69. The highest BCUT2D eigenvalue weighted by Gasteiger charge is 2.52. The average molecular weight is 409 g/mol. The van der Waals surface area contributed by atoms with Gasteiger partial charge in [-0.05, 0) is 54.0 Å². The predicted molar refractivity (Wildman–Crippen MR) is 109 cm³/mol. The fourth-order valence-electron chi connectivity index (χ4n) is 3.62. The molecule has 6 nitrogen and oxygen atoms in total. The van der Waals surface area contributed by atoms with Crippen LogP contribution in [0.2, 0.25) is 0 Å². The van der Waals surface area contributed by atoms with Gasteiger partial charge in [0.2, 0.25) is 0 Å². The van der Waals surface area contributed by atoms with Crippen molar-refractivity contribution in [1.29, 1.82) is 0 Å². The van der Waals surface area contributed by atoms with E-state index in [2.05, 4.69) is 0 Å². The van der Waals surface area contributed by atoms with Crippen LogP contribution in [0, 0.1) is 0 Å². The van der Waals surface area contributed by atoms with Crippen molar-refractivity contribution in [2.24, 2.45) is 0 Å². The van der Waals surface area contributed by atoms with Gasteiger partial charge in [0.05, 0.1) is 25.4 Å². The molecule has 164 valence electrons. The zero-order chi connectivity index (χ0) is 21.3. The third-order valence-electron chi connectivity index (χ3n) is 4.91. The van der Waals surface area contributed by atoms with Crippen LogP contribution in [0.3, 0.4) is 0 Å². The molecule has 1 aromatic carbocycles. The molecule has 4 atom stereocenters. The van der Waals surface area contributed by atoms with Crippen molar-refractivity contribution < 1.29 is 28.4 Å². The Morgan fingerprint density at radius 3 is 2.28 bits per heavy atom. The van der Waals surface area contributed by atoms with Crippen LogP contribution in [-0.4, -0.2) is 54.8 Å². The summed E-state index contributed by atoms with van der Waals surface area (Å²) < 4.78 is 36.8. The highest BCUT2D eigenvalue weighted by atomic mass is 16.8.